The van der Waals surface area contributed by atoms with Gasteiger partial charge in [-0.1, -0.05) is 35.5 Å². The molecule has 1 N–H and O–H groups in total. The van der Waals surface area contributed by atoms with Crippen LogP contribution in [-0.2, 0) is 20.7 Å². The Kier molecular flexibility index (Phi) is 5.65. The molecule has 3 rings (SSSR count). The summed E-state index contributed by atoms with van der Waals surface area (Å²) >= 11 is 0. The minimum atomic E-state index is -0.959. The zero-order valence-corrected chi connectivity index (χ0v) is 15.0. The molecule has 0 aliphatic heterocycles. The number of benzene rings is 1. The smallest absolute Gasteiger partial charge is 0.307 e. The molecule has 0 bridgehead atoms. The molecule has 0 saturated carbocycles. The van der Waals surface area contributed by atoms with E-state index in [0.717, 1.165) is 5.56 Å². The number of carbonyl (C=O) groups excluding carboxylic acids is 2. The molecule has 3 aromatic rings. The molecule has 0 fully saturated rings. The molecule has 27 heavy (non-hydrogen) atoms. The fraction of sp³-hybridized carbons (Fsp3) is 0.263. The quantitative estimate of drug-likeness (QED) is 0.637. The second-order valence-electron chi connectivity index (χ2n) is 5.93. The molecule has 1 unspecified atom stereocenters. The molecule has 0 aliphatic carbocycles. The van der Waals surface area contributed by atoms with Crippen LogP contribution in [0.2, 0.25) is 0 Å². The Bertz CT molecular complexity index is 916. The fourth-order valence-corrected chi connectivity index (χ4v) is 2.33. The molecule has 8 heteroatoms. The van der Waals surface area contributed by atoms with Gasteiger partial charge in [-0.3, -0.25) is 9.59 Å². The summed E-state index contributed by atoms with van der Waals surface area (Å²) < 4.78 is 15.6. The topological polar surface area (TPSA) is 107 Å². The van der Waals surface area contributed by atoms with E-state index >= 15 is 0 Å². The molecule has 140 valence electrons. The highest BCUT2D eigenvalue weighted by Crippen LogP contribution is 2.20. The highest BCUT2D eigenvalue weighted by Gasteiger charge is 2.19. The van der Waals surface area contributed by atoms with Crippen LogP contribution in [0.25, 0.3) is 11.3 Å². The van der Waals surface area contributed by atoms with Gasteiger partial charge >= 0.3 is 5.97 Å². The van der Waals surface area contributed by atoms with Crippen molar-refractivity contribution in [2.24, 2.45) is 0 Å². The Balaban J connectivity index is 1.46. The fourth-order valence-electron chi connectivity index (χ4n) is 2.33. The Morgan fingerprint density at radius 3 is 2.74 bits per heavy atom. The highest BCUT2D eigenvalue weighted by atomic mass is 16.5. The molecule has 1 aromatic carbocycles. The third-order valence-corrected chi connectivity index (χ3v) is 3.71. The zero-order chi connectivity index (χ0) is 19.2. The average molecular weight is 369 g/mol. The number of hydrogen-bond acceptors (Lipinski definition) is 7. The number of anilines is 1. The van der Waals surface area contributed by atoms with Crippen molar-refractivity contribution in [2.75, 3.05) is 5.32 Å². The van der Waals surface area contributed by atoms with Crippen LogP contribution in [0.1, 0.15) is 25.0 Å². The number of aromatic nitrogens is 2. The van der Waals surface area contributed by atoms with Crippen LogP contribution in [0.15, 0.2) is 51.5 Å². The molecular weight excluding hydrogens is 350 g/mol. The summed E-state index contributed by atoms with van der Waals surface area (Å²) in [6.07, 6.45) is 0.989. The van der Waals surface area contributed by atoms with E-state index in [2.05, 4.69) is 15.5 Å². The van der Waals surface area contributed by atoms with Gasteiger partial charge < -0.3 is 19.0 Å². The molecule has 1 atom stereocenters. The van der Waals surface area contributed by atoms with Crippen molar-refractivity contribution in [3.05, 3.63) is 54.2 Å². The van der Waals surface area contributed by atoms with Crippen LogP contribution in [0, 0.1) is 6.92 Å². The van der Waals surface area contributed by atoms with Crippen molar-refractivity contribution in [1.29, 1.82) is 0 Å². The molecule has 8 nitrogen and oxygen atoms in total. The predicted octanol–water partition coefficient (Wildman–Crippen LogP) is 3.14. The van der Waals surface area contributed by atoms with Crippen molar-refractivity contribution in [1.82, 2.24) is 10.1 Å². The van der Waals surface area contributed by atoms with Gasteiger partial charge in [0.25, 0.3) is 5.91 Å². The van der Waals surface area contributed by atoms with Crippen LogP contribution in [0.4, 0.5) is 5.82 Å². The largest absolute Gasteiger partial charge is 0.453 e. The lowest BCUT2D eigenvalue weighted by atomic mass is 10.2. The average Bonchev–Trinajstić information content (AvgIpc) is 3.29. The van der Waals surface area contributed by atoms with E-state index in [-0.39, 0.29) is 18.7 Å². The normalized spacial score (nSPS) is 11.8. The van der Waals surface area contributed by atoms with Crippen LogP contribution >= 0.6 is 0 Å². The Hall–Kier alpha value is -3.42. The van der Waals surface area contributed by atoms with Crippen molar-refractivity contribution < 1.29 is 23.3 Å². The minimum absolute atomic E-state index is 0.0510. The van der Waals surface area contributed by atoms with Gasteiger partial charge in [-0.25, -0.2) is 4.98 Å². The van der Waals surface area contributed by atoms with Gasteiger partial charge in [0.1, 0.15) is 5.76 Å². The lowest BCUT2D eigenvalue weighted by molar-refractivity contribution is -0.153. The summed E-state index contributed by atoms with van der Waals surface area (Å²) in [7, 11) is 0. The van der Waals surface area contributed by atoms with Gasteiger partial charge in [0.05, 0.1) is 12.6 Å². The molecule has 1 amide bonds. The first-order valence-electron chi connectivity index (χ1n) is 8.45. The zero-order valence-electron chi connectivity index (χ0n) is 15.0. The van der Waals surface area contributed by atoms with E-state index < -0.39 is 18.0 Å². The van der Waals surface area contributed by atoms with Crippen LogP contribution < -0.4 is 5.32 Å². The van der Waals surface area contributed by atoms with Crippen molar-refractivity contribution in [3.63, 3.8) is 0 Å². The van der Waals surface area contributed by atoms with Gasteiger partial charge in [-0.05, 0) is 13.8 Å². The number of esters is 1. The maximum Gasteiger partial charge on any atom is 0.307 e. The van der Waals surface area contributed by atoms with Gasteiger partial charge in [0.2, 0.25) is 0 Å². The second-order valence-corrected chi connectivity index (χ2v) is 5.93. The van der Waals surface area contributed by atoms with Crippen molar-refractivity contribution >= 4 is 17.7 Å². The maximum atomic E-state index is 12.0. The standard InChI is InChI=1S/C19H19N3O5/c1-12-10-16(22-27-12)21-19(24)13(2)25-18(23)9-8-17-20-11-15(26-17)14-6-4-3-5-7-14/h3-7,10-11,13H,8-9H2,1-2H3,(H,21,22,24). The van der Waals surface area contributed by atoms with E-state index in [4.69, 9.17) is 13.7 Å². The molecule has 0 radical (unpaired) electrons. The number of aryl methyl sites for hydroxylation is 2. The number of rotatable bonds is 7. The molecule has 2 heterocycles. The lowest BCUT2D eigenvalue weighted by Crippen LogP contribution is -2.30. The number of hydrogen-bond donors (Lipinski definition) is 1. The molecular formula is C19H19N3O5. The third-order valence-electron chi connectivity index (χ3n) is 3.71. The maximum absolute atomic E-state index is 12.0. The van der Waals surface area contributed by atoms with Crippen LogP contribution in [-0.4, -0.2) is 28.1 Å². The number of carbonyl (C=O) groups is 2. The lowest BCUT2D eigenvalue weighted by Gasteiger charge is -2.11. The SMILES string of the molecule is Cc1cc(NC(=O)C(C)OC(=O)CCc2ncc(-c3ccccc3)o2)no1. The minimum Gasteiger partial charge on any atom is -0.453 e. The first kappa shape index (κ1) is 18.4. The summed E-state index contributed by atoms with van der Waals surface area (Å²) in [5.41, 5.74) is 0.909. The molecule has 0 aliphatic rings. The van der Waals surface area contributed by atoms with E-state index in [9.17, 15) is 9.59 Å². The Labute approximate surface area is 155 Å². The van der Waals surface area contributed by atoms with Crippen LogP contribution in [0.5, 0.6) is 0 Å². The first-order valence-corrected chi connectivity index (χ1v) is 8.45. The number of nitrogens with zero attached hydrogens (tertiary/aromatic N) is 2. The summed E-state index contributed by atoms with van der Waals surface area (Å²) in [5.74, 6) is 0.896. The van der Waals surface area contributed by atoms with Gasteiger partial charge in [-0.2, -0.15) is 0 Å². The number of oxazole rings is 1. The summed E-state index contributed by atoms with van der Waals surface area (Å²) in [4.78, 5) is 28.1. The van der Waals surface area contributed by atoms with Crippen LogP contribution in [0.3, 0.4) is 0 Å². The predicted molar refractivity (Wildman–Crippen MR) is 95.7 cm³/mol. The van der Waals surface area contributed by atoms with Crippen molar-refractivity contribution in [2.45, 2.75) is 32.8 Å². The van der Waals surface area contributed by atoms with Crippen molar-refractivity contribution in [3.8, 4) is 11.3 Å². The van der Waals surface area contributed by atoms with E-state index in [1.54, 1.807) is 19.2 Å². The van der Waals surface area contributed by atoms with Gasteiger partial charge in [-0.15, -0.1) is 0 Å². The molecule has 0 saturated heterocycles. The second kappa shape index (κ2) is 8.31. The number of amides is 1. The monoisotopic (exact) mass is 369 g/mol. The van der Waals surface area contributed by atoms with Gasteiger partial charge in [0.15, 0.2) is 23.6 Å². The van der Waals surface area contributed by atoms with E-state index in [1.807, 2.05) is 30.3 Å². The van der Waals surface area contributed by atoms with E-state index in [0.29, 0.717) is 17.4 Å². The summed E-state index contributed by atoms with van der Waals surface area (Å²) in [6.45, 7) is 3.19. The highest BCUT2D eigenvalue weighted by molar-refractivity contribution is 5.94. The summed E-state index contributed by atoms with van der Waals surface area (Å²) in [5, 5.41) is 6.16. The van der Waals surface area contributed by atoms with Gasteiger partial charge in [0, 0.05) is 18.1 Å². The summed E-state index contributed by atoms with van der Waals surface area (Å²) in [6, 6.07) is 11.1. The number of ether oxygens (including phenoxy) is 1. The number of nitrogens with one attached hydrogen (secondary N) is 1. The Morgan fingerprint density at radius 2 is 2.04 bits per heavy atom. The molecule has 0 spiro atoms. The first-order chi connectivity index (χ1) is 13.0. The molecule has 2 aromatic heterocycles. The van der Waals surface area contributed by atoms with E-state index in [1.165, 1.54) is 6.92 Å². The third kappa shape index (κ3) is 5.04. The Morgan fingerprint density at radius 1 is 1.26 bits per heavy atom.